The van der Waals surface area contributed by atoms with Crippen LogP contribution in [0, 0.1) is 0 Å². The van der Waals surface area contributed by atoms with E-state index in [-0.39, 0.29) is 0 Å². The molecule has 2 N–H and O–H groups in total. The number of anilines is 1. The van der Waals surface area contributed by atoms with Crippen LogP contribution in [0.15, 0.2) is 45.4 Å². The van der Waals surface area contributed by atoms with Crippen molar-refractivity contribution >= 4 is 32.8 Å². The van der Waals surface area contributed by atoms with E-state index >= 15 is 0 Å². The van der Waals surface area contributed by atoms with Gasteiger partial charge in [-0.1, -0.05) is 0 Å². The van der Waals surface area contributed by atoms with Crippen LogP contribution in [0.25, 0.3) is 22.7 Å². The van der Waals surface area contributed by atoms with Crippen LogP contribution in [0.2, 0.25) is 0 Å². The number of nitrogen functional groups attached to an aromatic ring is 1. The number of fused-ring (bicyclic) bond motifs is 1. The van der Waals surface area contributed by atoms with Crippen LogP contribution in [0.1, 0.15) is 0 Å². The minimum absolute atomic E-state index is 0.512. The molecule has 0 aliphatic rings. The second kappa shape index (κ2) is 3.85. The summed E-state index contributed by atoms with van der Waals surface area (Å²) >= 11 is 3.45. The minimum Gasteiger partial charge on any atom is -0.434 e. The number of nitrogens with two attached hydrogens (primary N) is 1. The zero-order chi connectivity index (χ0) is 11.8. The van der Waals surface area contributed by atoms with Crippen molar-refractivity contribution < 1.29 is 4.42 Å². The van der Waals surface area contributed by atoms with Crippen LogP contribution in [-0.2, 0) is 0 Å². The molecule has 0 bridgehead atoms. The molecule has 0 aliphatic heterocycles. The third-order valence-electron chi connectivity index (χ3n) is 2.39. The normalized spacial score (nSPS) is 10.9. The van der Waals surface area contributed by atoms with E-state index in [4.69, 9.17) is 10.2 Å². The lowest BCUT2D eigenvalue weighted by Crippen LogP contribution is -1.86. The Hall–Kier alpha value is -1.88. The number of pyridine rings is 1. The van der Waals surface area contributed by atoms with Gasteiger partial charge in [-0.15, -0.1) is 0 Å². The first-order valence-corrected chi connectivity index (χ1v) is 5.80. The molecule has 2 heterocycles. The molecule has 84 valence electrons. The number of benzene rings is 1. The van der Waals surface area contributed by atoms with Crippen molar-refractivity contribution in [1.82, 2.24) is 9.97 Å². The van der Waals surface area contributed by atoms with Gasteiger partial charge >= 0.3 is 0 Å². The zero-order valence-corrected chi connectivity index (χ0v) is 10.3. The third-order valence-corrected chi connectivity index (χ3v) is 3.08. The summed E-state index contributed by atoms with van der Waals surface area (Å²) in [6.07, 6.45) is 1.68. The summed E-state index contributed by atoms with van der Waals surface area (Å²) in [6.45, 7) is 0. The van der Waals surface area contributed by atoms with Gasteiger partial charge in [0, 0.05) is 16.4 Å². The zero-order valence-electron chi connectivity index (χ0n) is 8.72. The SMILES string of the molecule is Nc1ccc(Br)c(-c2nc3ncccc3o2)c1. The Kier molecular flexibility index (Phi) is 2.33. The van der Waals surface area contributed by atoms with Crippen molar-refractivity contribution in [3.8, 4) is 11.5 Å². The molecule has 0 radical (unpaired) electrons. The number of rotatable bonds is 1. The minimum atomic E-state index is 0.512. The van der Waals surface area contributed by atoms with Crippen molar-refractivity contribution in [3.05, 3.63) is 41.0 Å². The molecule has 3 rings (SSSR count). The Labute approximate surface area is 106 Å². The molecule has 3 aromatic rings. The third kappa shape index (κ3) is 1.78. The van der Waals surface area contributed by atoms with Gasteiger partial charge in [0.15, 0.2) is 11.2 Å². The van der Waals surface area contributed by atoms with Gasteiger partial charge in [-0.05, 0) is 46.3 Å². The Morgan fingerprint density at radius 1 is 1.24 bits per heavy atom. The highest BCUT2D eigenvalue weighted by molar-refractivity contribution is 9.10. The molecule has 0 saturated carbocycles. The quantitative estimate of drug-likeness (QED) is 0.699. The molecule has 0 unspecified atom stereocenters. The molecule has 0 aliphatic carbocycles. The van der Waals surface area contributed by atoms with Gasteiger partial charge < -0.3 is 10.2 Å². The fourth-order valence-electron chi connectivity index (χ4n) is 1.59. The largest absolute Gasteiger partial charge is 0.434 e. The number of nitrogens with zero attached hydrogens (tertiary/aromatic N) is 2. The highest BCUT2D eigenvalue weighted by Gasteiger charge is 2.11. The Bertz CT molecular complexity index is 660. The fourth-order valence-corrected chi connectivity index (χ4v) is 2.01. The molecule has 5 heteroatoms. The average molecular weight is 290 g/mol. The number of oxazole rings is 1. The summed E-state index contributed by atoms with van der Waals surface area (Å²) < 4.78 is 6.52. The lowest BCUT2D eigenvalue weighted by molar-refractivity contribution is 0.619. The molecule has 0 saturated heterocycles. The molecular formula is C12H8BrN3O. The maximum Gasteiger partial charge on any atom is 0.230 e. The highest BCUT2D eigenvalue weighted by atomic mass is 79.9. The molecule has 0 atom stereocenters. The average Bonchev–Trinajstić information content (AvgIpc) is 2.75. The van der Waals surface area contributed by atoms with Crippen molar-refractivity contribution in [1.29, 1.82) is 0 Å². The van der Waals surface area contributed by atoms with Crippen LogP contribution < -0.4 is 5.73 Å². The number of hydrogen-bond donors (Lipinski definition) is 1. The van der Waals surface area contributed by atoms with E-state index < -0.39 is 0 Å². The predicted molar refractivity (Wildman–Crippen MR) is 69.4 cm³/mol. The van der Waals surface area contributed by atoms with E-state index in [2.05, 4.69) is 25.9 Å². The molecule has 0 fully saturated rings. The van der Waals surface area contributed by atoms with Gasteiger partial charge in [0.25, 0.3) is 0 Å². The molecule has 0 amide bonds. The van der Waals surface area contributed by atoms with Crippen LogP contribution >= 0.6 is 15.9 Å². The van der Waals surface area contributed by atoms with Crippen LogP contribution in [-0.4, -0.2) is 9.97 Å². The van der Waals surface area contributed by atoms with E-state index in [0.717, 1.165) is 10.0 Å². The smallest absolute Gasteiger partial charge is 0.230 e. The predicted octanol–water partition coefficient (Wildman–Crippen LogP) is 3.23. The van der Waals surface area contributed by atoms with Crippen molar-refractivity contribution in [2.45, 2.75) is 0 Å². The van der Waals surface area contributed by atoms with Crippen LogP contribution in [0.4, 0.5) is 5.69 Å². The second-order valence-corrected chi connectivity index (χ2v) is 4.44. The van der Waals surface area contributed by atoms with Crippen molar-refractivity contribution in [3.63, 3.8) is 0 Å². The van der Waals surface area contributed by atoms with Crippen LogP contribution in [0.3, 0.4) is 0 Å². The Morgan fingerprint density at radius 3 is 2.94 bits per heavy atom. The summed E-state index contributed by atoms with van der Waals surface area (Å²) in [5.41, 5.74) is 8.50. The monoisotopic (exact) mass is 289 g/mol. The summed E-state index contributed by atoms with van der Waals surface area (Å²) in [6, 6.07) is 9.14. The van der Waals surface area contributed by atoms with Crippen molar-refractivity contribution in [2.75, 3.05) is 5.73 Å². The summed E-state index contributed by atoms with van der Waals surface area (Å²) in [5, 5.41) is 0. The van der Waals surface area contributed by atoms with Gasteiger partial charge in [-0.3, -0.25) is 0 Å². The van der Waals surface area contributed by atoms with Gasteiger partial charge in [0.1, 0.15) is 0 Å². The lowest BCUT2D eigenvalue weighted by atomic mass is 10.2. The maximum absolute atomic E-state index is 5.75. The maximum atomic E-state index is 5.75. The second-order valence-electron chi connectivity index (χ2n) is 3.58. The first-order valence-electron chi connectivity index (χ1n) is 5.01. The number of halogens is 1. The van der Waals surface area contributed by atoms with Crippen LogP contribution in [0.5, 0.6) is 0 Å². The van der Waals surface area contributed by atoms with E-state index in [1.807, 2.05) is 30.3 Å². The fraction of sp³-hybridized carbons (Fsp3) is 0. The topological polar surface area (TPSA) is 64.9 Å². The summed E-state index contributed by atoms with van der Waals surface area (Å²) in [5.74, 6) is 0.512. The Morgan fingerprint density at radius 2 is 2.12 bits per heavy atom. The Balaban J connectivity index is 2.23. The van der Waals surface area contributed by atoms with Gasteiger partial charge in [-0.2, -0.15) is 4.98 Å². The summed E-state index contributed by atoms with van der Waals surface area (Å²) in [7, 11) is 0. The number of aromatic nitrogens is 2. The van der Waals surface area contributed by atoms with E-state index in [0.29, 0.717) is 22.8 Å². The van der Waals surface area contributed by atoms with Crippen molar-refractivity contribution in [2.24, 2.45) is 0 Å². The summed E-state index contributed by atoms with van der Waals surface area (Å²) in [4.78, 5) is 8.45. The lowest BCUT2D eigenvalue weighted by Gasteiger charge is -2.00. The highest BCUT2D eigenvalue weighted by Crippen LogP contribution is 2.31. The molecular weight excluding hydrogens is 282 g/mol. The molecule has 1 aromatic carbocycles. The molecule has 2 aromatic heterocycles. The van der Waals surface area contributed by atoms with Gasteiger partial charge in [0.05, 0.1) is 5.56 Å². The first kappa shape index (κ1) is 10.3. The first-order chi connectivity index (χ1) is 8.24. The molecule has 17 heavy (non-hydrogen) atoms. The molecule has 4 nitrogen and oxygen atoms in total. The van der Waals surface area contributed by atoms with E-state index in [9.17, 15) is 0 Å². The standard InChI is InChI=1S/C12H8BrN3O/c13-9-4-3-7(14)6-8(9)12-16-11-10(17-12)2-1-5-15-11/h1-6H,14H2. The van der Waals surface area contributed by atoms with E-state index in [1.54, 1.807) is 6.20 Å². The number of hydrogen-bond acceptors (Lipinski definition) is 4. The molecule has 0 spiro atoms. The van der Waals surface area contributed by atoms with Gasteiger partial charge in [-0.25, -0.2) is 4.98 Å². The van der Waals surface area contributed by atoms with E-state index in [1.165, 1.54) is 0 Å². The van der Waals surface area contributed by atoms with Gasteiger partial charge in [0.2, 0.25) is 5.89 Å².